The number of carbonyl (C=O) groups excluding carboxylic acids is 1. The summed E-state index contributed by atoms with van der Waals surface area (Å²) in [7, 11) is 0. The first-order chi connectivity index (χ1) is 9.70. The predicted molar refractivity (Wildman–Crippen MR) is 78.2 cm³/mol. The van der Waals surface area contributed by atoms with Gasteiger partial charge in [0.05, 0.1) is 5.92 Å². The van der Waals surface area contributed by atoms with Crippen molar-refractivity contribution in [3.63, 3.8) is 0 Å². The minimum atomic E-state index is -0.210. The van der Waals surface area contributed by atoms with Crippen LogP contribution in [0.15, 0.2) is 24.4 Å². The Morgan fingerprint density at radius 3 is 3.20 bits per heavy atom. The molecule has 0 radical (unpaired) electrons. The predicted octanol–water partition coefficient (Wildman–Crippen LogP) is 2.25. The van der Waals surface area contributed by atoms with Crippen LogP contribution < -0.4 is 4.90 Å². The van der Waals surface area contributed by atoms with E-state index in [4.69, 9.17) is 11.2 Å². The van der Waals surface area contributed by atoms with E-state index in [2.05, 4.69) is 15.8 Å². The van der Waals surface area contributed by atoms with Crippen LogP contribution in [0.3, 0.4) is 0 Å². The van der Waals surface area contributed by atoms with Gasteiger partial charge < -0.3 is 9.64 Å². The van der Waals surface area contributed by atoms with Crippen LogP contribution in [0, 0.1) is 18.3 Å². The number of esters is 1. The van der Waals surface area contributed by atoms with Crippen LogP contribution in [0.2, 0.25) is 0 Å². The second kappa shape index (κ2) is 6.95. The number of hydrogen-bond donors (Lipinski definition) is 0. The lowest BCUT2D eigenvalue weighted by Gasteiger charge is -2.32. The van der Waals surface area contributed by atoms with Crippen molar-refractivity contribution in [1.29, 1.82) is 0 Å². The van der Waals surface area contributed by atoms with Gasteiger partial charge in [-0.15, -0.1) is 12.3 Å². The molecule has 2 heterocycles. The lowest BCUT2D eigenvalue weighted by atomic mass is 9.98. The van der Waals surface area contributed by atoms with Crippen molar-refractivity contribution >= 4 is 11.8 Å². The average Bonchev–Trinajstić information content (AvgIpc) is 2.48. The van der Waals surface area contributed by atoms with Crippen molar-refractivity contribution in [3.8, 4) is 12.3 Å². The van der Waals surface area contributed by atoms with Gasteiger partial charge in [0, 0.05) is 25.7 Å². The van der Waals surface area contributed by atoms with Gasteiger partial charge in [-0.05, 0) is 31.9 Å². The summed E-state index contributed by atoms with van der Waals surface area (Å²) in [6.07, 6.45) is 9.08. The molecule has 1 aliphatic rings. The fraction of sp³-hybridized carbons (Fsp3) is 0.500. The molecule has 2 rings (SSSR count). The van der Waals surface area contributed by atoms with E-state index in [-0.39, 0.29) is 18.0 Å². The molecule has 1 aromatic rings. The van der Waals surface area contributed by atoms with Gasteiger partial charge in [-0.3, -0.25) is 4.79 Å². The molecule has 0 N–H and O–H groups in total. The summed E-state index contributed by atoms with van der Waals surface area (Å²) in [4.78, 5) is 18.6. The van der Waals surface area contributed by atoms with Gasteiger partial charge in [-0.2, -0.15) is 0 Å². The number of rotatable bonds is 4. The summed E-state index contributed by atoms with van der Waals surface area (Å²) in [5.41, 5.74) is 0. The third kappa shape index (κ3) is 3.74. The number of hydrogen-bond acceptors (Lipinski definition) is 4. The van der Waals surface area contributed by atoms with Crippen LogP contribution in [0.25, 0.3) is 0 Å². The smallest absolute Gasteiger partial charge is 0.311 e. The second-order valence-corrected chi connectivity index (χ2v) is 5.13. The molecule has 20 heavy (non-hydrogen) atoms. The summed E-state index contributed by atoms with van der Waals surface area (Å²) >= 11 is 0. The van der Waals surface area contributed by atoms with Gasteiger partial charge in [-0.1, -0.05) is 6.07 Å². The topological polar surface area (TPSA) is 42.4 Å². The molecule has 0 unspecified atom stereocenters. The van der Waals surface area contributed by atoms with Crippen molar-refractivity contribution in [1.82, 2.24) is 4.98 Å². The van der Waals surface area contributed by atoms with Crippen LogP contribution in [-0.4, -0.2) is 30.1 Å². The van der Waals surface area contributed by atoms with Crippen molar-refractivity contribution in [2.75, 3.05) is 18.0 Å². The number of aromatic nitrogens is 1. The summed E-state index contributed by atoms with van der Waals surface area (Å²) in [5, 5.41) is 0. The Morgan fingerprint density at radius 2 is 2.50 bits per heavy atom. The summed E-state index contributed by atoms with van der Waals surface area (Å²) < 4.78 is 5.39. The van der Waals surface area contributed by atoms with Gasteiger partial charge in [0.2, 0.25) is 0 Å². The van der Waals surface area contributed by atoms with E-state index < -0.39 is 0 Å². The first-order valence-corrected chi connectivity index (χ1v) is 7.00. The highest BCUT2D eigenvalue weighted by Crippen LogP contribution is 2.22. The third-order valence-corrected chi connectivity index (χ3v) is 3.45. The normalized spacial score (nSPS) is 20.0. The van der Waals surface area contributed by atoms with Gasteiger partial charge in [0.15, 0.2) is 0 Å². The molecule has 2 atom stereocenters. The number of ether oxygens (including phenoxy) is 1. The molecule has 1 fully saturated rings. The lowest BCUT2D eigenvalue weighted by molar-refractivity contribution is -0.153. The van der Waals surface area contributed by atoms with E-state index in [0.717, 1.165) is 25.2 Å². The number of piperidine rings is 1. The summed E-state index contributed by atoms with van der Waals surface area (Å²) in [5.74, 6) is 3.19. The highest BCUT2D eigenvalue weighted by atomic mass is 16.5. The maximum absolute atomic E-state index is 12.1. The van der Waals surface area contributed by atoms with E-state index in [1.807, 2.05) is 25.1 Å². The Balaban J connectivity index is 1.93. The maximum atomic E-state index is 12.1. The zero-order chi connectivity index (χ0) is 14.4. The first kappa shape index (κ1) is 14.4. The SMILES string of the molecule is C#CC[C@H](C)OC(=O)[C@H]1CCCN(c2ccccn2)C1. The number of pyridine rings is 1. The van der Waals surface area contributed by atoms with Crippen LogP contribution >= 0.6 is 0 Å². The van der Waals surface area contributed by atoms with Gasteiger partial charge >= 0.3 is 5.97 Å². The summed E-state index contributed by atoms with van der Waals surface area (Å²) in [6.45, 7) is 3.43. The third-order valence-electron chi connectivity index (χ3n) is 3.45. The van der Waals surface area contributed by atoms with Crippen molar-refractivity contribution in [2.24, 2.45) is 5.92 Å². The van der Waals surface area contributed by atoms with Crippen LogP contribution in [-0.2, 0) is 9.53 Å². The molecule has 0 bridgehead atoms. The lowest BCUT2D eigenvalue weighted by Crippen LogP contribution is -2.40. The Morgan fingerprint density at radius 1 is 1.65 bits per heavy atom. The fourth-order valence-corrected chi connectivity index (χ4v) is 2.42. The Labute approximate surface area is 120 Å². The van der Waals surface area contributed by atoms with Crippen molar-refractivity contribution < 1.29 is 9.53 Å². The Hall–Kier alpha value is -2.02. The summed E-state index contributed by atoms with van der Waals surface area (Å²) in [6, 6.07) is 5.81. The van der Waals surface area contributed by atoms with E-state index in [0.29, 0.717) is 13.0 Å². The molecule has 1 saturated heterocycles. The monoisotopic (exact) mass is 272 g/mol. The van der Waals surface area contributed by atoms with E-state index in [1.54, 1.807) is 6.20 Å². The van der Waals surface area contributed by atoms with Gasteiger partial charge in [0.1, 0.15) is 11.9 Å². The van der Waals surface area contributed by atoms with Crippen LogP contribution in [0.5, 0.6) is 0 Å². The minimum absolute atomic E-state index is 0.0917. The Bertz CT molecular complexity index is 481. The van der Waals surface area contributed by atoms with Crippen molar-refractivity contribution in [2.45, 2.75) is 32.3 Å². The molecular formula is C16H20N2O2. The number of nitrogens with zero attached hydrogens (tertiary/aromatic N) is 2. The number of terminal acetylenes is 1. The van der Waals surface area contributed by atoms with E-state index in [9.17, 15) is 4.79 Å². The molecule has 106 valence electrons. The molecule has 0 saturated carbocycles. The zero-order valence-corrected chi connectivity index (χ0v) is 11.8. The molecule has 0 aliphatic carbocycles. The number of anilines is 1. The average molecular weight is 272 g/mol. The molecule has 4 heteroatoms. The molecule has 1 aromatic heterocycles. The van der Waals surface area contributed by atoms with E-state index in [1.165, 1.54) is 0 Å². The Kier molecular flexibility index (Phi) is 5.00. The van der Waals surface area contributed by atoms with E-state index >= 15 is 0 Å². The second-order valence-electron chi connectivity index (χ2n) is 5.13. The van der Waals surface area contributed by atoms with Gasteiger partial charge in [0.25, 0.3) is 0 Å². The molecular weight excluding hydrogens is 252 g/mol. The number of carbonyl (C=O) groups is 1. The molecule has 0 spiro atoms. The molecule has 0 amide bonds. The first-order valence-electron chi connectivity index (χ1n) is 7.00. The van der Waals surface area contributed by atoms with Gasteiger partial charge in [-0.25, -0.2) is 4.98 Å². The minimum Gasteiger partial charge on any atom is -0.461 e. The molecule has 1 aliphatic heterocycles. The largest absolute Gasteiger partial charge is 0.461 e. The van der Waals surface area contributed by atoms with Crippen LogP contribution in [0.4, 0.5) is 5.82 Å². The zero-order valence-electron chi connectivity index (χ0n) is 11.8. The standard InChI is InChI=1S/C16H20N2O2/c1-3-7-13(2)20-16(19)14-8-6-11-18(12-14)15-9-4-5-10-17-15/h1,4-5,9-10,13-14H,6-8,11-12H2,2H3/t13-,14-/m0/s1. The maximum Gasteiger partial charge on any atom is 0.311 e. The molecule has 4 nitrogen and oxygen atoms in total. The van der Waals surface area contributed by atoms with Crippen LogP contribution in [0.1, 0.15) is 26.2 Å². The fourth-order valence-electron chi connectivity index (χ4n) is 2.42. The van der Waals surface area contributed by atoms with Crippen molar-refractivity contribution in [3.05, 3.63) is 24.4 Å². The molecule has 0 aromatic carbocycles. The quantitative estimate of drug-likeness (QED) is 0.623. The highest BCUT2D eigenvalue weighted by molar-refractivity contribution is 5.73. The highest BCUT2D eigenvalue weighted by Gasteiger charge is 2.28.